The van der Waals surface area contributed by atoms with Crippen molar-refractivity contribution in [1.29, 1.82) is 0 Å². The minimum atomic E-state index is -4.86. The topological polar surface area (TPSA) is 66.9 Å². The number of nitrogens with one attached hydrogen (secondary N) is 1. The molecule has 2 aliphatic heterocycles. The molecule has 0 atom stereocenters. The van der Waals surface area contributed by atoms with Gasteiger partial charge in [0.15, 0.2) is 0 Å². The van der Waals surface area contributed by atoms with Crippen molar-refractivity contribution in [2.45, 2.75) is 37.5 Å². The van der Waals surface area contributed by atoms with Gasteiger partial charge in [-0.15, -0.1) is 26.3 Å². The Morgan fingerprint density at radius 3 is 2.27 bits per heavy atom. The molecular weight excluding hydrogens is 614 g/mol. The predicted octanol–water partition coefficient (Wildman–Crippen LogP) is 7.31. The Hall–Kier alpha value is -3.97. The van der Waals surface area contributed by atoms with Crippen molar-refractivity contribution >= 4 is 29.4 Å². The summed E-state index contributed by atoms with van der Waals surface area (Å²) in [7, 11) is 0. The van der Waals surface area contributed by atoms with E-state index in [0.717, 1.165) is 5.56 Å². The van der Waals surface area contributed by atoms with Gasteiger partial charge in [0.2, 0.25) is 0 Å². The fraction of sp³-hybridized carbons (Fsp3) is 0.333. The highest BCUT2D eigenvalue weighted by Crippen LogP contribution is 2.48. The first-order valence-electron chi connectivity index (χ1n) is 13.6. The lowest BCUT2D eigenvalue weighted by atomic mass is 9.74. The second-order valence-corrected chi connectivity index (χ2v) is 10.9. The molecule has 234 valence electrons. The molecule has 0 aliphatic carbocycles. The van der Waals surface area contributed by atoms with Gasteiger partial charge in [-0.05, 0) is 85.1 Å². The number of hydrogen-bond donors (Lipinski definition) is 1. The molecule has 7 nitrogen and oxygen atoms in total. The number of piperidine rings is 1. The molecule has 44 heavy (non-hydrogen) atoms. The minimum Gasteiger partial charge on any atom is -0.406 e. The standard InChI is InChI=1S/C30H27ClF6N4O3/c31-26-16-21(9-12-38-26)18-39-27(42)41-19-28(24-17-23(7-8-25(24)41)44-30(35,36)37)10-14-40(15-11-28)13-1-2-20-3-5-22(6-4-20)43-29(32,33)34/h1-9,12,16-17H,10-11,13-15,18-19H2,(H,39,42)/b2-1+. The van der Waals surface area contributed by atoms with Crippen molar-refractivity contribution in [1.82, 2.24) is 15.2 Å². The Labute approximate surface area is 254 Å². The van der Waals surface area contributed by atoms with Gasteiger partial charge in [0, 0.05) is 36.9 Å². The molecule has 0 saturated carbocycles. The van der Waals surface area contributed by atoms with Crippen LogP contribution in [-0.2, 0) is 12.0 Å². The Kier molecular flexibility index (Phi) is 8.98. The molecule has 14 heteroatoms. The molecule has 3 heterocycles. The molecule has 0 radical (unpaired) electrons. The van der Waals surface area contributed by atoms with E-state index in [4.69, 9.17) is 11.6 Å². The molecule has 2 aromatic carbocycles. The highest BCUT2D eigenvalue weighted by Gasteiger charge is 2.47. The fourth-order valence-electron chi connectivity index (χ4n) is 5.56. The van der Waals surface area contributed by atoms with E-state index in [0.29, 0.717) is 49.3 Å². The second kappa shape index (κ2) is 12.6. The van der Waals surface area contributed by atoms with E-state index >= 15 is 0 Å². The first kappa shape index (κ1) is 31.5. The number of likely N-dealkylation sites (tertiary alicyclic amines) is 1. The van der Waals surface area contributed by atoms with Crippen LogP contribution in [0.15, 0.2) is 66.9 Å². The van der Waals surface area contributed by atoms with Crippen molar-refractivity contribution in [3.05, 3.63) is 88.7 Å². The molecule has 0 unspecified atom stereocenters. The zero-order valence-corrected chi connectivity index (χ0v) is 23.8. The zero-order chi connectivity index (χ0) is 31.5. The number of ether oxygens (including phenoxy) is 2. The van der Waals surface area contributed by atoms with Crippen molar-refractivity contribution in [3.8, 4) is 11.5 Å². The summed E-state index contributed by atoms with van der Waals surface area (Å²) in [5, 5.41) is 3.14. The second-order valence-electron chi connectivity index (χ2n) is 10.6. The van der Waals surface area contributed by atoms with E-state index < -0.39 is 24.2 Å². The lowest BCUT2D eigenvalue weighted by Crippen LogP contribution is -2.47. The van der Waals surface area contributed by atoms with E-state index in [-0.39, 0.29) is 29.7 Å². The summed E-state index contributed by atoms with van der Waals surface area (Å²) in [6, 6.07) is 12.5. The third-order valence-electron chi connectivity index (χ3n) is 7.61. The van der Waals surface area contributed by atoms with E-state index in [1.165, 1.54) is 48.7 Å². The van der Waals surface area contributed by atoms with Crippen LogP contribution in [0, 0.1) is 0 Å². The largest absolute Gasteiger partial charge is 0.573 e. The molecule has 1 spiro atoms. The average Bonchev–Trinajstić information content (AvgIpc) is 3.25. The summed E-state index contributed by atoms with van der Waals surface area (Å²) < 4.78 is 84.3. The molecule has 3 aromatic rings. The van der Waals surface area contributed by atoms with E-state index in [9.17, 15) is 31.1 Å². The molecule has 1 fully saturated rings. The number of carbonyl (C=O) groups excluding carboxylic acids is 1. The number of pyridine rings is 1. The molecule has 5 rings (SSSR count). The van der Waals surface area contributed by atoms with Gasteiger partial charge in [-0.2, -0.15) is 0 Å². The predicted molar refractivity (Wildman–Crippen MR) is 151 cm³/mol. The molecule has 1 N–H and O–H groups in total. The Morgan fingerprint density at radius 1 is 0.955 bits per heavy atom. The summed E-state index contributed by atoms with van der Waals surface area (Å²) in [5.41, 5.74) is 2.01. The number of anilines is 1. The lowest BCUT2D eigenvalue weighted by molar-refractivity contribution is -0.275. The molecule has 1 aromatic heterocycles. The number of carbonyl (C=O) groups is 1. The van der Waals surface area contributed by atoms with Crippen LogP contribution < -0.4 is 19.7 Å². The van der Waals surface area contributed by atoms with Gasteiger partial charge >= 0.3 is 18.8 Å². The number of rotatable bonds is 7. The average molecular weight is 641 g/mol. The van der Waals surface area contributed by atoms with Gasteiger partial charge in [-0.25, -0.2) is 9.78 Å². The Bertz CT molecular complexity index is 1510. The van der Waals surface area contributed by atoms with Crippen LogP contribution in [0.2, 0.25) is 5.15 Å². The maximum absolute atomic E-state index is 13.3. The van der Waals surface area contributed by atoms with Crippen molar-refractivity contribution < 1.29 is 40.6 Å². The van der Waals surface area contributed by atoms with Crippen LogP contribution in [-0.4, -0.2) is 54.8 Å². The van der Waals surface area contributed by atoms with Gasteiger partial charge < -0.3 is 14.8 Å². The van der Waals surface area contributed by atoms with E-state index in [1.54, 1.807) is 23.1 Å². The Morgan fingerprint density at radius 2 is 1.61 bits per heavy atom. The van der Waals surface area contributed by atoms with Crippen LogP contribution in [0.3, 0.4) is 0 Å². The van der Waals surface area contributed by atoms with Gasteiger partial charge in [0.25, 0.3) is 0 Å². The third-order valence-corrected chi connectivity index (χ3v) is 7.81. The van der Waals surface area contributed by atoms with Gasteiger partial charge in [0.1, 0.15) is 16.7 Å². The van der Waals surface area contributed by atoms with Crippen LogP contribution >= 0.6 is 11.6 Å². The third kappa shape index (κ3) is 7.94. The quantitative estimate of drug-likeness (QED) is 0.217. The minimum absolute atomic E-state index is 0.188. The number of amides is 2. The van der Waals surface area contributed by atoms with Gasteiger partial charge in [0.05, 0.1) is 0 Å². The van der Waals surface area contributed by atoms with Crippen LogP contribution in [0.5, 0.6) is 11.5 Å². The molecule has 1 saturated heterocycles. The number of fused-ring (bicyclic) bond motifs is 2. The zero-order valence-electron chi connectivity index (χ0n) is 23.1. The maximum Gasteiger partial charge on any atom is 0.573 e. The summed E-state index contributed by atoms with van der Waals surface area (Å²) in [4.78, 5) is 20.9. The Balaban J connectivity index is 1.26. The number of hydrogen-bond acceptors (Lipinski definition) is 5. The number of benzene rings is 2. The molecule has 2 aliphatic rings. The van der Waals surface area contributed by atoms with Crippen LogP contribution in [0.4, 0.5) is 36.8 Å². The number of aromatic nitrogens is 1. The summed E-state index contributed by atoms with van der Waals surface area (Å²) in [6.45, 7) is 2.25. The fourth-order valence-corrected chi connectivity index (χ4v) is 5.76. The van der Waals surface area contributed by atoms with E-state index in [2.05, 4.69) is 24.7 Å². The van der Waals surface area contributed by atoms with Crippen molar-refractivity contribution in [2.75, 3.05) is 31.1 Å². The van der Waals surface area contributed by atoms with E-state index in [1.807, 2.05) is 6.08 Å². The lowest BCUT2D eigenvalue weighted by Gasteiger charge is -2.39. The summed E-state index contributed by atoms with van der Waals surface area (Å²) in [6.07, 6.45) is -3.25. The number of nitrogens with zero attached hydrogens (tertiary/aromatic N) is 3. The highest BCUT2D eigenvalue weighted by molar-refractivity contribution is 6.29. The maximum atomic E-state index is 13.3. The number of alkyl halides is 6. The van der Waals surface area contributed by atoms with Crippen LogP contribution in [0.25, 0.3) is 6.08 Å². The molecule has 0 bridgehead atoms. The number of urea groups is 1. The number of halogens is 7. The monoisotopic (exact) mass is 640 g/mol. The first-order valence-corrected chi connectivity index (χ1v) is 14.0. The molecule has 2 amide bonds. The SMILES string of the molecule is O=C(NCc1ccnc(Cl)c1)N1CC2(CCN(C/C=C/c3ccc(OC(F)(F)F)cc3)CC2)c2cc(OC(F)(F)F)ccc21. The van der Waals surface area contributed by atoms with Crippen molar-refractivity contribution in [3.63, 3.8) is 0 Å². The highest BCUT2D eigenvalue weighted by atomic mass is 35.5. The van der Waals surface area contributed by atoms with Crippen molar-refractivity contribution in [2.24, 2.45) is 0 Å². The first-order chi connectivity index (χ1) is 20.8. The smallest absolute Gasteiger partial charge is 0.406 e. The summed E-state index contributed by atoms with van der Waals surface area (Å²) in [5.74, 6) is -0.651. The van der Waals surface area contributed by atoms with Crippen LogP contribution in [0.1, 0.15) is 29.5 Å². The normalized spacial score (nSPS) is 16.8. The van der Waals surface area contributed by atoms with Gasteiger partial charge in [-0.1, -0.05) is 35.9 Å². The summed E-state index contributed by atoms with van der Waals surface area (Å²) >= 11 is 5.94. The molecular formula is C30H27ClF6N4O3. The van der Waals surface area contributed by atoms with Gasteiger partial charge in [-0.3, -0.25) is 9.80 Å².